The molecule has 1 aromatic rings. The highest BCUT2D eigenvalue weighted by molar-refractivity contribution is 5.78. The molecule has 0 atom stereocenters. The van der Waals surface area contributed by atoms with Gasteiger partial charge in [0.05, 0.1) is 6.54 Å². The van der Waals surface area contributed by atoms with E-state index in [9.17, 15) is 4.79 Å². The van der Waals surface area contributed by atoms with Gasteiger partial charge in [0.15, 0.2) is 0 Å². The lowest BCUT2D eigenvalue weighted by molar-refractivity contribution is -0.130. The summed E-state index contributed by atoms with van der Waals surface area (Å²) >= 11 is 0. The van der Waals surface area contributed by atoms with Crippen LogP contribution in [0.4, 0.5) is 5.95 Å². The molecule has 0 saturated carbocycles. The Morgan fingerprint density at radius 1 is 1.19 bits per heavy atom. The minimum absolute atomic E-state index is 0.195. The van der Waals surface area contributed by atoms with Crippen LogP contribution in [0.3, 0.4) is 0 Å². The number of hydrogen-bond donors (Lipinski definition) is 1. The van der Waals surface area contributed by atoms with Gasteiger partial charge < -0.3 is 15.1 Å². The molecular weight excluding hydrogens is 266 g/mol. The number of anilines is 1. The third-order valence-corrected chi connectivity index (χ3v) is 3.70. The molecule has 0 bridgehead atoms. The molecule has 2 heterocycles. The van der Waals surface area contributed by atoms with Crippen LogP contribution in [0.25, 0.3) is 0 Å². The zero-order chi connectivity index (χ0) is 14.9. The Labute approximate surface area is 126 Å². The molecule has 1 aliphatic heterocycles. The van der Waals surface area contributed by atoms with Crippen LogP contribution in [0.15, 0.2) is 18.5 Å². The Kier molecular flexibility index (Phi) is 6.40. The third kappa shape index (κ3) is 4.97. The molecule has 116 valence electrons. The van der Waals surface area contributed by atoms with E-state index in [2.05, 4.69) is 27.1 Å². The second kappa shape index (κ2) is 8.56. The molecule has 0 spiro atoms. The SMILES string of the molecule is CCCCCNCC(=O)N1CCN(c2ncccn2)CC1. The molecule has 6 nitrogen and oxygen atoms in total. The van der Waals surface area contributed by atoms with Crippen molar-refractivity contribution in [1.29, 1.82) is 0 Å². The molecule has 1 aromatic heterocycles. The summed E-state index contributed by atoms with van der Waals surface area (Å²) in [6.07, 6.45) is 7.07. The van der Waals surface area contributed by atoms with Crippen molar-refractivity contribution in [2.75, 3.05) is 44.2 Å². The van der Waals surface area contributed by atoms with Crippen molar-refractivity contribution in [2.45, 2.75) is 26.2 Å². The summed E-state index contributed by atoms with van der Waals surface area (Å²) < 4.78 is 0. The molecule has 2 rings (SSSR count). The number of aromatic nitrogens is 2. The summed E-state index contributed by atoms with van der Waals surface area (Å²) in [6, 6.07) is 1.81. The predicted molar refractivity (Wildman–Crippen MR) is 83.2 cm³/mol. The summed E-state index contributed by atoms with van der Waals surface area (Å²) in [5.74, 6) is 0.947. The molecule has 21 heavy (non-hydrogen) atoms. The van der Waals surface area contributed by atoms with E-state index in [1.807, 2.05) is 11.0 Å². The van der Waals surface area contributed by atoms with Crippen LogP contribution in [0.5, 0.6) is 0 Å². The number of nitrogens with one attached hydrogen (secondary N) is 1. The van der Waals surface area contributed by atoms with Crippen molar-refractivity contribution in [3.63, 3.8) is 0 Å². The second-order valence-corrected chi connectivity index (χ2v) is 5.30. The Balaban J connectivity index is 1.67. The van der Waals surface area contributed by atoms with E-state index in [-0.39, 0.29) is 5.91 Å². The molecule has 0 aromatic carbocycles. The van der Waals surface area contributed by atoms with Gasteiger partial charge in [-0.2, -0.15) is 0 Å². The monoisotopic (exact) mass is 291 g/mol. The fourth-order valence-electron chi connectivity index (χ4n) is 2.42. The van der Waals surface area contributed by atoms with Crippen LogP contribution in [0.1, 0.15) is 26.2 Å². The summed E-state index contributed by atoms with van der Waals surface area (Å²) in [6.45, 7) is 6.64. The maximum atomic E-state index is 12.1. The first-order chi connectivity index (χ1) is 10.3. The van der Waals surface area contributed by atoms with Gasteiger partial charge in [-0.3, -0.25) is 4.79 Å². The zero-order valence-electron chi connectivity index (χ0n) is 12.8. The second-order valence-electron chi connectivity index (χ2n) is 5.30. The number of carbonyl (C=O) groups is 1. The summed E-state index contributed by atoms with van der Waals surface area (Å²) in [4.78, 5) is 24.6. The summed E-state index contributed by atoms with van der Waals surface area (Å²) in [5.41, 5.74) is 0. The number of piperazine rings is 1. The van der Waals surface area contributed by atoms with Crippen molar-refractivity contribution in [2.24, 2.45) is 0 Å². The van der Waals surface area contributed by atoms with Crippen LogP contribution >= 0.6 is 0 Å². The quantitative estimate of drug-likeness (QED) is 0.757. The number of amides is 1. The molecular formula is C15H25N5O. The largest absolute Gasteiger partial charge is 0.338 e. The average molecular weight is 291 g/mol. The summed E-state index contributed by atoms with van der Waals surface area (Å²) in [7, 11) is 0. The van der Waals surface area contributed by atoms with Gasteiger partial charge in [0.2, 0.25) is 11.9 Å². The molecule has 0 radical (unpaired) electrons. The maximum absolute atomic E-state index is 12.1. The predicted octanol–water partition coefficient (Wildman–Crippen LogP) is 0.905. The van der Waals surface area contributed by atoms with E-state index in [0.29, 0.717) is 6.54 Å². The number of hydrogen-bond acceptors (Lipinski definition) is 5. The van der Waals surface area contributed by atoms with Gasteiger partial charge in [0, 0.05) is 38.6 Å². The average Bonchev–Trinajstić information content (AvgIpc) is 2.55. The molecule has 6 heteroatoms. The first-order valence-corrected chi connectivity index (χ1v) is 7.81. The maximum Gasteiger partial charge on any atom is 0.236 e. The number of unbranched alkanes of at least 4 members (excludes halogenated alkanes) is 2. The summed E-state index contributed by atoms with van der Waals surface area (Å²) in [5, 5.41) is 3.23. The highest BCUT2D eigenvalue weighted by Gasteiger charge is 2.21. The minimum atomic E-state index is 0.195. The van der Waals surface area contributed by atoms with Crippen LogP contribution in [0.2, 0.25) is 0 Å². The van der Waals surface area contributed by atoms with Gasteiger partial charge in [-0.05, 0) is 19.0 Å². The highest BCUT2D eigenvalue weighted by Crippen LogP contribution is 2.09. The fraction of sp³-hybridized carbons (Fsp3) is 0.667. The van der Waals surface area contributed by atoms with Gasteiger partial charge in [-0.1, -0.05) is 19.8 Å². The van der Waals surface area contributed by atoms with Crippen molar-refractivity contribution in [3.8, 4) is 0 Å². The van der Waals surface area contributed by atoms with Gasteiger partial charge in [0.1, 0.15) is 0 Å². The smallest absolute Gasteiger partial charge is 0.236 e. The van der Waals surface area contributed by atoms with Crippen molar-refractivity contribution in [1.82, 2.24) is 20.2 Å². The van der Waals surface area contributed by atoms with Crippen LogP contribution in [0, 0.1) is 0 Å². The Morgan fingerprint density at radius 2 is 1.90 bits per heavy atom. The lowest BCUT2D eigenvalue weighted by Gasteiger charge is -2.34. The molecule has 1 aliphatic rings. The minimum Gasteiger partial charge on any atom is -0.338 e. The normalized spacial score (nSPS) is 15.3. The molecule has 1 N–H and O–H groups in total. The Bertz CT molecular complexity index is 417. The molecule has 1 amide bonds. The Morgan fingerprint density at radius 3 is 2.57 bits per heavy atom. The van der Waals surface area contributed by atoms with E-state index in [1.165, 1.54) is 12.8 Å². The van der Waals surface area contributed by atoms with Gasteiger partial charge in [0.25, 0.3) is 0 Å². The lowest BCUT2D eigenvalue weighted by Crippen LogP contribution is -2.51. The number of rotatable bonds is 7. The van der Waals surface area contributed by atoms with Crippen molar-refractivity contribution in [3.05, 3.63) is 18.5 Å². The fourth-order valence-corrected chi connectivity index (χ4v) is 2.42. The van der Waals surface area contributed by atoms with Crippen LogP contribution in [-0.4, -0.2) is 60.0 Å². The van der Waals surface area contributed by atoms with E-state index in [4.69, 9.17) is 0 Å². The molecule has 0 unspecified atom stereocenters. The number of nitrogens with zero attached hydrogens (tertiary/aromatic N) is 4. The van der Waals surface area contributed by atoms with Crippen molar-refractivity contribution >= 4 is 11.9 Å². The third-order valence-electron chi connectivity index (χ3n) is 3.70. The molecule has 1 fully saturated rings. The number of carbonyl (C=O) groups excluding carboxylic acids is 1. The topological polar surface area (TPSA) is 61.4 Å². The van der Waals surface area contributed by atoms with E-state index in [1.54, 1.807) is 12.4 Å². The zero-order valence-corrected chi connectivity index (χ0v) is 12.8. The van der Waals surface area contributed by atoms with Crippen molar-refractivity contribution < 1.29 is 4.79 Å². The molecule has 0 aliphatic carbocycles. The first kappa shape index (κ1) is 15.7. The van der Waals surface area contributed by atoms with Gasteiger partial charge in [-0.15, -0.1) is 0 Å². The van der Waals surface area contributed by atoms with E-state index >= 15 is 0 Å². The first-order valence-electron chi connectivity index (χ1n) is 7.81. The van der Waals surface area contributed by atoms with E-state index in [0.717, 1.165) is 45.1 Å². The Hall–Kier alpha value is -1.69. The van der Waals surface area contributed by atoms with Crippen LogP contribution < -0.4 is 10.2 Å². The van der Waals surface area contributed by atoms with Gasteiger partial charge in [-0.25, -0.2) is 9.97 Å². The highest BCUT2D eigenvalue weighted by atomic mass is 16.2. The van der Waals surface area contributed by atoms with E-state index < -0.39 is 0 Å². The van der Waals surface area contributed by atoms with Gasteiger partial charge >= 0.3 is 0 Å². The van der Waals surface area contributed by atoms with Crippen LogP contribution in [-0.2, 0) is 4.79 Å². The molecule has 1 saturated heterocycles. The lowest BCUT2D eigenvalue weighted by atomic mass is 10.2. The standard InChI is InChI=1S/C15H25N5O/c1-2-3-4-6-16-13-14(21)19-9-11-20(12-10-19)15-17-7-5-8-18-15/h5,7-8,16H,2-4,6,9-13H2,1H3.